The van der Waals surface area contributed by atoms with E-state index in [0.29, 0.717) is 6.54 Å². The summed E-state index contributed by atoms with van der Waals surface area (Å²) in [5.41, 5.74) is 0. The number of thioether (sulfide) groups is 1. The number of nitrogens with zero attached hydrogens (tertiary/aromatic N) is 2. The average molecular weight is 245 g/mol. The lowest BCUT2D eigenvalue weighted by atomic mass is 10.3. The highest BCUT2D eigenvalue weighted by atomic mass is 32.2. The van der Waals surface area contributed by atoms with Crippen molar-refractivity contribution in [3.8, 4) is 0 Å². The van der Waals surface area contributed by atoms with Gasteiger partial charge in [0.1, 0.15) is 0 Å². The van der Waals surface area contributed by atoms with E-state index in [1.807, 2.05) is 16.7 Å². The Balaban J connectivity index is 2.06. The molecule has 0 radical (unpaired) electrons. The van der Waals surface area contributed by atoms with Crippen LogP contribution in [0.15, 0.2) is 0 Å². The number of carbonyl (C=O) groups excluding carboxylic acids is 1. The van der Waals surface area contributed by atoms with Crippen molar-refractivity contribution < 1.29 is 4.79 Å². The summed E-state index contributed by atoms with van der Waals surface area (Å²) in [7, 11) is 2.10. The summed E-state index contributed by atoms with van der Waals surface area (Å²) in [5.74, 6) is 1.41. The molecule has 1 fully saturated rings. The Bertz CT molecular complexity index is 205. The molecule has 0 unspecified atom stereocenters. The lowest BCUT2D eigenvalue weighted by Crippen LogP contribution is -2.49. The first kappa shape index (κ1) is 13.8. The van der Waals surface area contributed by atoms with Crippen molar-refractivity contribution in [2.75, 3.05) is 58.3 Å². The number of likely N-dealkylation sites (N-methyl/N-ethyl adjacent to an activating group) is 1. The van der Waals surface area contributed by atoms with Gasteiger partial charge in [0.15, 0.2) is 0 Å². The van der Waals surface area contributed by atoms with Crippen LogP contribution in [0.25, 0.3) is 0 Å². The van der Waals surface area contributed by atoms with Gasteiger partial charge in [-0.25, -0.2) is 0 Å². The van der Waals surface area contributed by atoms with Crippen molar-refractivity contribution in [3.63, 3.8) is 0 Å². The maximum absolute atomic E-state index is 11.8. The normalized spacial score (nSPS) is 17.8. The molecule has 0 aromatic carbocycles. The first-order chi connectivity index (χ1) is 7.74. The molecule has 16 heavy (non-hydrogen) atoms. The van der Waals surface area contributed by atoms with Crippen LogP contribution in [0.4, 0.5) is 0 Å². The lowest BCUT2D eigenvalue weighted by Gasteiger charge is -2.32. The molecule has 1 aliphatic heterocycles. The average Bonchev–Trinajstić information content (AvgIpc) is 2.29. The Labute approximate surface area is 103 Å². The summed E-state index contributed by atoms with van der Waals surface area (Å²) in [5, 5.41) is 3.21. The van der Waals surface area contributed by atoms with Crippen molar-refractivity contribution in [1.29, 1.82) is 0 Å². The largest absolute Gasteiger partial charge is 0.339 e. The topological polar surface area (TPSA) is 35.6 Å². The van der Waals surface area contributed by atoms with Crippen LogP contribution in [-0.4, -0.2) is 74.0 Å². The lowest BCUT2D eigenvalue weighted by molar-refractivity contribution is -0.131. The van der Waals surface area contributed by atoms with Crippen molar-refractivity contribution in [3.05, 3.63) is 0 Å². The van der Waals surface area contributed by atoms with E-state index < -0.39 is 0 Å². The monoisotopic (exact) mass is 245 g/mol. The molecule has 0 saturated carbocycles. The van der Waals surface area contributed by atoms with Crippen molar-refractivity contribution in [2.24, 2.45) is 0 Å². The fourth-order valence-corrected chi connectivity index (χ4v) is 2.14. The zero-order valence-corrected chi connectivity index (χ0v) is 11.2. The van der Waals surface area contributed by atoms with Gasteiger partial charge in [0.05, 0.1) is 6.54 Å². The first-order valence-electron chi connectivity index (χ1n) is 5.90. The number of hydrogen-bond donors (Lipinski definition) is 1. The fourth-order valence-electron chi connectivity index (χ4n) is 1.70. The molecule has 1 N–H and O–H groups in total. The predicted molar refractivity (Wildman–Crippen MR) is 69.9 cm³/mol. The van der Waals surface area contributed by atoms with Gasteiger partial charge in [-0.3, -0.25) is 4.79 Å². The number of piperazine rings is 1. The highest BCUT2D eigenvalue weighted by Crippen LogP contribution is 1.99. The molecule has 4 nitrogen and oxygen atoms in total. The van der Waals surface area contributed by atoms with Crippen LogP contribution < -0.4 is 5.32 Å². The summed E-state index contributed by atoms with van der Waals surface area (Å²) >= 11 is 1.85. The number of carbonyl (C=O) groups is 1. The van der Waals surface area contributed by atoms with E-state index in [1.165, 1.54) is 0 Å². The SMILES string of the molecule is CSCCCNCC(=O)N1CCN(C)CC1. The van der Waals surface area contributed by atoms with Crippen molar-refractivity contribution in [1.82, 2.24) is 15.1 Å². The molecule has 1 rings (SSSR count). The second-order valence-corrected chi connectivity index (χ2v) is 5.19. The fraction of sp³-hybridized carbons (Fsp3) is 0.909. The molecule has 0 atom stereocenters. The zero-order valence-electron chi connectivity index (χ0n) is 10.4. The predicted octanol–water partition coefficient (Wildman–Crippen LogP) is 0.103. The van der Waals surface area contributed by atoms with Gasteiger partial charge < -0.3 is 15.1 Å². The number of nitrogens with one attached hydrogen (secondary N) is 1. The quantitative estimate of drug-likeness (QED) is 0.674. The molecule has 0 aromatic rings. The summed E-state index contributed by atoms with van der Waals surface area (Å²) in [4.78, 5) is 16.0. The van der Waals surface area contributed by atoms with E-state index in [0.717, 1.165) is 44.9 Å². The van der Waals surface area contributed by atoms with E-state index in [4.69, 9.17) is 0 Å². The Morgan fingerprint density at radius 2 is 2.00 bits per heavy atom. The molecular weight excluding hydrogens is 222 g/mol. The van der Waals surface area contributed by atoms with Crippen molar-refractivity contribution in [2.45, 2.75) is 6.42 Å². The van der Waals surface area contributed by atoms with Crippen molar-refractivity contribution >= 4 is 17.7 Å². The Hall–Kier alpha value is -0.260. The minimum Gasteiger partial charge on any atom is -0.339 e. The molecule has 94 valence electrons. The number of amides is 1. The third-order valence-electron chi connectivity index (χ3n) is 2.83. The van der Waals surface area contributed by atoms with E-state index in [9.17, 15) is 4.79 Å². The van der Waals surface area contributed by atoms with Crippen LogP contribution in [0.5, 0.6) is 0 Å². The van der Waals surface area contributed by atoms with Gasteiger partial charge in [-0.2, -0.15) is 11.8 Å². The molecule has 0 aliphatic carbocycles. The highest BCUT2D eigenvalue weighted by Gasteiger charge is 2.17. The molecule has 1 amide bonds. The van der Waals surface area contributed by atoms with Gasteiger partial charge in [-0.1, -0.05) is 0 Å². The van der Waals surface area contributed by atoms with Crippen LogP contribution in [0.1, 0.15) is 6.42 Å². The number of rotatable bonds is 6. The van der Waals surface area contributed by atoms with Gasteiger partial charge in [0.25, 0.3) is 0 Å². The molecule has 0 spiro atoms. The molecule has 1 heterocycles. The smallest absolute Gasteiger partial charge is 0.236 e. The summed E-state index contributed by atoms with van der Waals surface area (Å²) in [6, 6.07) is 0. The van der Waals surface area contributed by atoms with Gasteiger partial charge in [-0.15, -0.1) is 0 Å². The Kier molecular flexibility index (Phi) is 6.84. The maximum atomic E-state index is 11.8. The van der Waals surface area contributed by atoms with Gasteiger partial charge >= 0.3 is 0 Å². The van der Waals surface area contributed by atoms with E-state index in [2.05, 4.69) is 23.5 Å². The van der Waals surface area contributed by atoms with E-state index in [-0.39, 0.29) is 5.91 Å². The minimum atomic E-state index is 0.247. The third kappa shape index (κ3) is 5.18. The van der Waals surface area contributed by atoms with Crippen LogP contribution in [0, 0.1) is 0 Å². The third-order valence-corrected chi connectivity index (χ3v) is 3.53. The second-order valence-electron chi connectivity index (χ2n) is 4.21. The first-order valence-corrected chi connectivity index (χ1v) is 7.29. The van der Waals surface area contributed by atoms with Gasteiger partial charge in [0, 0.05) is 26.2 Å². The molecule has 5 heteroatoms. The van der Waals surface area contributed by atoms with E-state index >= 15 is 0 Å². The van der Waals surface area contributed by atoms with E-state index in [1.54, 1.807) is 0 Å². The molecule has 0 aromatic heterocycles. The van der Waals surface area contributed by atoms with Crippen LogP contribution >= 0.6 is 11.8 Å². The summed E-state index contributed by atoms with van der Waals surface area (Å²) in [6.07, 6.45) is 3.24. The Morgan fingerprint density at radius 3 is 2.62 bits per heavy atom. The minimum absolute atomic E-state index is 0.247. The van der Waals surface area contributed by atoms with Crippen LogP contribution in [-0.2, 0) is 4.79 Å². The van der Waals surface area contributed by atoms with Crippen LogP contribution in [0.2, 0.25) is 0 Å². The summed E-state index contributed by atoms with van der Waals surface area (Å²) in [6.45, 7) is 5.19. The highest BCUT2D eigenvalue weighted by molar-refractivity contribution is 7.98. The second kappa shape index (κ2) is 7.92. The molecular formula is C11H23N3OS. The standard InChI is InChI=1S/C11H23N3OS/c1-13-5-7-14(8-6-13)11(15)10-12-4-3-9-16-2/h12H,3-10H2,1-2H3. The van der Waals surface area contributed by atoms with Crippen LogP contribution in [0.3, 0.4) is 0 Å². The van der Waals surface area contributed by atoms with Gasteiger partial charge in [0.2, 0.25) is 5.91 Å². The molecule has 1 aliphatic rings. The zero-order chi connectivity index (χ0) is 11.8. The molecule has 0 bridgehead atoms. The number of hydrogen-bond acceptors (Lipinski definition) is 4. The molecule has 1 saturated heterocycles. The van der Waals surface area contributed by atoms with Gasteiger partial charge in [-0.05, 0) is 32.0 Å². The maximum Gasteiger partial charge on any atom is 0.236 e. The summed E-state index contributed by atoms with van der Waals surface area (Å²) < 4.78 is 0. The Morgan fingerprint density at radius 1 is 1.31 bits per heavy atom.